The minimum Gasteiger partial charge on any atom is -0.459 e. The van der Waals surface area contributed by atoms with E-state index in [0.717, 1.165) is 0 Å². The van der Waals surface area contributed by atoms with Crippen LogP contribution in [0.15, 0.2) is 60.7 Å². The Labute approximate surface area is 164 Å². The van der Waals surface area contributed by atoms with E-state index in [4.69, 9.17) is 14.2 Å². The van der Waals surface area contributed by atoms with Gasteiger partial charge in [-0.05, 0) is 31.2 Å². The molecule has 1 saturated heterocycles. The lowest BCUT2D eigenvalue weighted by Crippen LogP contribution is -2.44. The van der Waals surface area contributed by atoms with Gasteiger partial charge in [-0.1, -0.05) is 52.3 Å². The van der Waals surface area contributed by atoms with Gasteiger partial charge in [-0.3, -0.25) is 0 Å². The second-order valence-corrected chi connectivity index (χ2v) is 7.13. The first kappa shape index (κ1) is 19.5. The number of carbonyl (C=O) groups is 2. The standard InChI is InChI=1S/C20H18BrFO5/c1-20(22)16(27-18(24)14-10-6-3-7-11-14)15(26-19(20)21)12-25-17(23)13-8-4-2-5-9-13/h2-11,15-16,19H,12H2,1H3/t15-,16-,19-,20-/m1/s1. The van der Waals surface area contributed by atoms with E-state index in [1.807, 2.05) is 0 Å². The number of benzene rings is 2. The number of halogens is 2. The van der Waals surface area contributed by atoms with Gasteiger partial charge in [0.2, 0.25) is 0 Å². The summed E-state index contributed by atoms with van der Waals surface area (Å²) in [5.41, 5.74) is -1.33. The summed E-state index contributed by atoms with van der Waals surface area (Å²) in [6.07, 6.45) is -2.18. The number of hydrogen-bond acceptors (Lipinski definition) is 5. The molecule has 1 aliphatic heterocycles. The highest BCUT2D eigenvalue weighted by Crippen LogP contribution is 2.40. The van der Waals surface area contributed by atoms with Gasteiger partial charge in [0.1, 0.15) is 12.7 Å². The second kappa shape index (κ2) is 8.19. The summed E-state index contributed by atoms with van der Waals surface area (Å²) in [6.45, 7) is 1.02. The molecule has 7 heteroatoms. The van der Waals surface area contributed by atoms with Crippen molar-refractivity contribution in [3.8, 4) is 0 Å². The Balaban J connectivity index is 1.69. The third kappa shape index (κ3) is 4.36. The van der Waals surface area contributed by atoms with Crippen LogP contribution in [0.4, 0.5) is 4.39 Å². The molecule has 3 rings (SSSR count). The lowest BCUT2D eigenvalue weighted by molar-refractivity contribution is -0.0422. The Hall–Kier alpha value is -2.25. The van der Waals surface area contributed by atoms with Crippen molar-refractivity contribution >= 4 is 27.9 Å². The first-order chi connectivity index (χ1) is 12.9. The van der Waals surface area contributed by atoms with E-state index in [9.17, 15) is 9.59 Å². The van der Waals surface area contributed by atoms with Crippen molar-refractivity contribution in [2.24, 2.45) is 0 Å². The van der Waals surface area contributed by atoms with E-state index in [0.29, 0.717) is 11.1 Å². The fourth-order valence-electron chi connectivity index (χ4n) is 2.74. The molecule has 1 aliphatic rings. The maximum atomic E-state index is 15.1. The van der Waals surface area contributed by atoms with E-state index in [1.54, 1.807) is 60.7 Å². The average molecular weight is 437 g/mol. The molecule has 27 heavy (non-hydrogen) atoms. The Bertz CT molecular complexity index is 797. The van der Waals surface area contributed by atoms with Gasteiger partial charge >= 0.3 is 11.9 Å². The van der Waals surface area contributed by atoms with Gasteiger partial charge in [0.15, 0.2) is 16.8 Å². The van der Waals surface area contributed by atoms with Crippen LogP contribution < -0.4 is 0 Å². The van der Waals surface area contributed by atoms with Gasteiger partial charge in [0, 0.05) is 0 Å². The normalized spacial score (nSPS) is 27.1. The number of rotatable bonds is 5. The molecule has 0 N–H and O–H groups in total. The van der Waals surface area contributed by atoms with Crippen molar-refractivity contribution in [3.63, 3.8) is 0 Å². The Morgan fingerprint density at radius 2 is 1.56 bits per heavy atom. The maximum absolute atomic E-state index is 15.1. The number of esters is 2. The zero-order valence-corrected chi connectivity index (χ0v) is 16.1. The molecule has 2 aromatic rings. The van der Waals surface area contributed by atoms with Crippen molar-refractivity contribution < 1.29 is 28.2 Å². The van der Waals surface area contributed by atoms with Crippen molar-refractivity contribution in [2.75, 3.05) is 6.61 Å². The van der Waals surface area contributed by atoms with Crippen molar-refractivity contribution in [1.29, 1.82) is 0 Å². The van der Waals surface area contributed by atoms with Crippen LogP contribution in [0.1, 0.15) is 27.6 Å². The summed E-state index contributed by atoms with van der Waals surface area (Å²) in [7, 11) is 0. The molecule has 0 radical (unpaired) electrons. The molecule has 4 atom stereocenters. The zero-order valence-electron chi connectivity index (χ0n) is 14.5. The predicted octanol–water partition coefficient (Wildman–Crippen LogP) is 3.92. The van der Waals surface area contributed by atoms with Crippen molar-refractivity contribution in [3.05, 3.63) is 71.8 Å². The maximum Gasteiger partial charge on any atom is 0.338 e. The molecule has 0 aromatic heterocycles. The van der Waals surface area contributed by atoms with Gasteiger partial charge in [0.05, 0.1) is 11.1 Å². The summed E-state index contributed by atoms with van der Waals surface area (Å²) >= 11 is 3.11. The van der Waals surface area contributed by atoms with Crippen LogP contribution in [0.2, 0.25) is 0 Å². The van der Waals surface area contributed by atoms with Crippen LogP contribution in [-0.2, 0) is 14.2 Å². The van der Waals surface area contributed by atoms with E-state index < -0.39 is 34.8 Å². The van der Waals surface area contributed by atoms with Crippen LogP contribution >= 0.6 is 15.9 Å². The third-order valence-electron chi connectivity index (χ3n) is 4.26. The van der Waals surface area contributed by atoms with E-state index in [1.165, 1.54) is 6.92 Å². The summed E-state index contributed by atoms with van der Waals surface area (Å²) < 4.78 is 31.2. The molecule has 0 amide bonds. The summed E-state index contributed by atoms with van der Waals surface area (Å²) in [4.78, 5) is 24.4. The molecule has 1 heterocycles. The van der Waals surface area contributed by atoms with Gasteiger partial charge < -0.3 is 14.2 Å². The molecular weight excluding hydrogens is 419 g/mol. The molecule has 2 aromatic carbocycles. The lowest BCUT2D eigenvalue weighted by atomic mass is 10.0. The first-order valence-electron chi connectivity index (χ1n) is 8.36. The Morgan fingerprint density at radius 3 is 2.11 bits per heavy atom. The van der Waals surface area contributed by atoms with Crippen LogP contribution in [0, 0.1) is 0 Å². The topological polar surface area (TPSA) is 61.8 Å². The summed E-state index contributed by atoms with van der Waals surface area (Å²) in [6, 6.07) is 16.7. The van der Waals surface area contributed by atoms with E-state index in [2.05, 4.69) is 15.9 Å². The van der Waals surface area contributed by atoms with E-state index >= 15 is 4.39 Å². The smallest absolute Gasteiger partial charge is 0.338 e. The highest BCUT2D eigenvalue weighted by atomic mass is 79.9. The molecule has 0 bridgehead atoms. The molecule has 0 saturated carbocycles. The van der Waals surface area contributed by atoms with Crippen LogP contribution in [0.5, 0.6) is 0 Å². The van der Waals surface area contributed by atoms with Gasteiger partial charge in [-0.15, -0.1) is 0 Å². The minimum atomic E-state index is -1.99. The predicted molar refractivity (Wildman–Crippen MR) is 99.5 cm³/mol. The van der Waals surface area contributed by atoms with Crippen LogP contribution in [0.25, 0.3) is 0 Å². The monoisotopic (exact) mass is 436 g/mol. The summed E-state index contributed by atoms with van der Waals surface area (Å²) in [5, 5.41) is -1.00. The number of ether oxygens (including phenoxy) is 3. The van der Waals surface area contributed by atoms with Crippen LogP contribution in [-0.4, -0.2) is 41.4 Å². The largest absolute Gasteiger partial charge is 0.459 e. The van der Waals surface area contributed by atoms with Crippen molar-refractivity contribution in [1.82, 2.24) is 0 Å². The molecular formula is C20H18BrFO5. The number of alkyl halides is 2. The first-order valence-corrected chi connectivity index (χ1v) is 9.28. The number of carbonyl (C=O) groups excluding carboxylic acids is 2. The molecule has 0 unspecified atom stereocenters. The lowest BCUT2D eigenvalue weighted by Gasteiger charge is -2.25. The molecule has 0 spiro atoms. The third-order valence-corrected chi connectivity index (χ3v) is 5.37. The molecule has 142 valence electrons. The average Bonchev–Trinajstić information content (AvgIpc) is 2.90. The van der Waals surface area contributed by atoms with Crippen molar-refractivity contribution in [2.45, 2.75) is 29.8 Å². The van der Waals surface area contributed by atoms with Crippen LogP contribution in [0.3, 0.4) is 0 Å². The molecule has 1 fully saturated rings. The molecule has 5 nitrogen and oxygen atoms in total. The highest BCUT2D eigenvalue weighted by Gasteiger charge is 2.56. The molecule has 0 aliphatic carbocycles. The minimum absolute atomic E-state index is 0.248. The fraction of sp³-hybridized carbons (Fsp3) is 0.300. The van der Waals surface area contributed by atoms with Gasteiger partial charge in [-0.25, -0.2) is 14.0 Å². The van der Waals surface area contributed by atoms with Gasteiger partial charge in [-0.2, -0.15) is 0 Å². The Morgan fingerprint density at radius 1 is 1.04 bits per heavy atom. The second-order valence-electron chi connectivity index (χ2n) is 6.30. The quantitative estimate of drug-likeness (QED) is 0.525. The fourth-order valence-corrected chi connectivity index (χ4v) is 3.28. The SMILES string of the molecule is C[C@]1(F)[C@H](Br)O[C@H](COC(=O)c2ccccc2)[C@H]1OC(=O)c1ccccc1. The highest BCUT2D eigenvalue weighted by molar-refractivity contribution is 9.09. The Kier molecular flexibility index (Phi) is 5.92. The number of hydrogen-bond donors (Lipinski definition) is 0. The van der Waals surface area contributed by atoms with Gasteiger partial charge in [0.25, 0.3) is 0 Å². The summed E-state index contributed by atoms with van der Waals surface area (Å²) in [5.74, 6) is -1.24. The zero-order chi connectivity index (χ0) is 19.4. The van der Waals surface area contributed by atoms with E-state index in [-0.39, 0.29) is 6.61 Å².